The predicted molar refractivity (Wildman–Crippen MR) is 112 cm³/mol. The van der Waals surface area contributed by atoms with E-state index in [1.165, 1.54) is 0 Å². The third-order valence-corrected chi connectivity index (χ3v) is 5.05. The van der Waals surface area contributed by atoms with Gasteiger partial charge < -0.3 is 23.9 Å². The van der Waals surface area contributed by atoms with Crippen LogP contribution in [0.25, 0.3) is 16.7 Å². The second kappa shape index (κ2) is 7.38. The number of methoxy groups -OCH3 is 1. The Morgan fingerprint density at radius 2 is 2.13 bits per heavy atom. The fourth-order valence-corrected chi connectivity index (χ4v) is 3.54. The fraction of sp³-hybridized carbons (Fsp3) is 0.190. The van der Waals surface area contributed by atoms with Gasteiger partial charge in [0.15, 0.2) is 5.84 Å². The average Bonchev–Trinajstić information content (AvgIpc) is 3.39. The molecule has 0 spiro atoms. The summed E-state index contributed by atoms with van der Waals surface area (Å²) in [6, 6.07) is 11.0. The molecule has 1 aliphatic heterocycles. The first-order valence-corrected chi connectivity index (χ1v) is 9.70. The van der Waals surface area contributed by atoms with Gasteiger partial charge in [0.25, 0.3) is 0 Å². The van der Waals surface area contributed by atoms with Gasteiger partial charge >= 0.3 is 0 Å². The Labute approximate surface area is 177 Å². The van der Waals surface area contributed by atoms with Crippen molar-refractivity contribution >= 4 is 28.4 Å². The topological polar surface area (TPSA) is 86.7 Å². The van der Waals surface area contributed by atoms with Crippen molar-refractivity contribution in [3.8, 4) is 11.6 Å². The number of aryl methyl sites for hydroxylation is 1. The highest BCUT2D eigenvalue weighted by molar-refractivity contribution is 6.31. The standard InChI is InChI=1S/C21H18ClN5O3/c1-12-9-27(11-23-12)17-5-4-15(25-21(17)28-2)20-24-16(10-29-26-20)19-8-13-7-14(22)3-6-18(13)30-19/h3-9,11,16H,10H2,1-2H3,(H,24,26). The minimum absolute atomic E-state index is 0.215. The number of aromatic nitrogens is 3. The number of pyridine rings is 1. The summed E-state index contributed by atoms with van der Waals surface area (Å²) < 4.78 is 13.3. The van der Waals surface area contributed by atoms with Gasteiger partial charge in [-0.2, -0.15) is 0 Å². The zero-order valence-electron chi connectivity index (χ0n) is 16.3. The normalized spacial score (nSPS) is 16.1. The Balaban J connectivity index is 1.43. The molecule has 0 amide bonds. The second-order valence-corrected chi connectivity index (χ2v) is 7.35. The van der Waals surface area contributed by atoms with Crippen molar-refractivity contribution in [3.05, 3.63) is 71.1 Å². The van der Waals surface area contributed by atoms with Crippen molar-refractivity contribution < 1.29 is 14.0 Å². The van der Waals surface area contributed by atoms with Gasteiger partial charge in [0.2, 0.25) is 5.88 Å². The minimum Gasteiger partial charge on any atom is -0.479 e. The van der Waals surface area contributed by atoms with Crippen LogP contribution >= 0.6 is 11.6 Å². The van der Waals surface area contributed by atoms with Crippen LogP contribution in [0.1, 0.15) is 23.2 Å². The van der Waals surface area contributed by atoms with E-state index >= 15 is 0 Å². The summed E-state index contributed by atoms with van der Waals surface area (Å²) in [5, 5.41) is 9.06. The minimum atomic E-state index is -0.215. The highest BCUT2D eigenvalue weighted by atomic mass is 35.5. The molecule has 5 rings (SSSR count). The van der Waals surface area contributed by atoms with E-state index in [-0.39, 0.29) is 6.04 Å². The number of nitrogens with zero attached hydrogens (tertiary/aromatic N) is 4. The number of imidazole rings is 1. The summed E-state index contributed by atoms with van der Waals surface area (Å²) in [4.78, 5) is 14.3. The summed E-state index contributed by atoms with van der Waals surface area (Å²) >= 11 is 6.08. The number of benzene rings is 1. The smallest absolute Gasteiger partial charge is 0.238 e. The van der Waals surface area contributed by atoms with Crippen molar-refractivity contribution in [1.29, 1.82) is 0 Å². The van der Waals surface area contributed by atoms with E-state index in [9.17, 15) is 0 Å². The molecule has 0 saturated carbocycles. The van der Waals surface area contributed by atoms with Crippen LogP contribution in [0.2, 0.25) is 5.02 Å². The van der Waals surface area contributed by atoms with Crippen LogP contribution in [0, 0.1) is 6.92 Å². The summed E-state index contributed by atoms with van der Waals surface area (Å²) in [6.45, 7) is 2.26. The van der Waals surface area contributed by atoms with Crippen LogP contribution in [0.5, 0.6) is 5.88 Å². The Morgan fingerprint density at radius 3 is 2.93 bits per heavy atom. The number of halogens is 1. The number of oxime groups is 1. The molecule has 0 aliphatic carbocycles. The van der Waals surface area contributed by atoms with E-state index in [4.69, 9.17) is 25.6 Å². The molecular weight excluding hydrogens is 406 g/mol. The molecule has 4 aromatic rings. The molecular formula is C21H18ClN5O3. The van der Waals surface area contributed by atoms with Gasteiger partial charge in [-0.3, -0.25) is 0 Å². The quantitative estimate of drug-likeness (QED) is 0.533. The zero-order valence-corrected chi connectivity index (χ0v) is 17.1. The maximum absolute atomic E-state index is 6.08. The largest absolute Gasteiger partial charge is 0.479 e. The van der Waals surface area contributed by atoms with E-state index in [1.807, 2.05) is 48.0 Å². The number of fused-ring (bicyclic) bond motifs is 1. The number of amidine groups is 1. The monoisotopic (exact) mass is 423 g/mol. The Morgan fingerprint density at radius 1 is 1.23 bits per heavy atom. The first-order chi connectivity index (χ1) is 14.6. The van der Waals surface area contributed by atoms with Crippen LogP contribution < -0.4 is 10.1 Å². The van der Waals surface area contributed by atoms with Crippen molar-refractivity contribution in [2.24, 2.45) is 5.16 Å². The van der Waals surface area contributed by atoms with Crippen molar-refractivity contribution in [3.63, 3.8) is 0 Å². The Kier molecular flexibility index (Phi) is 4.55. The summed E-state index contributed by atoms with van der Waals surface area (Å²) in [7, 11) is 1.58. The van der Waals surface area contributed by atoms with Gasteiger partial charge in [0, 0.05) is 16.6 Å². The fourth-order valence-electron chi connectivity index (χ4n) is 3.35. The van der Waals surface area contributed by atoms with Gasteiger partial charge in [-0.05, 0) is 43.3 Å². The number of nitrogens with one attached hydrogen (secondary N) is 1. The molecule has 4 heterocycles. The maximum atomic E-state index is 6.08. The average molecular weight is 424 g/mol. The van der Waals surface area contributed by atoms with Gasteiger partial charge in [-0.15, -0.1) is 0 Å². The first-order valence-electron chi connectivity index (χ1n) is 9.32. The molecule has 1 unspecified atom stereocenters. The molecule has 1 atom stereocenters. The number of hydrogen-bond donors (Lipinski definition) is 1. The molecule has 0 fully saturated rings. The summed E-state index contributed by atoms with van der Waals surface area (Å²) in [5.74, 6) is 1.68. The number of furan rings is 1. The SMILES string of the molecule is COc1nc(C2=NOCC(c3cc4cc(Cl)ccc4o3)N2)ccc1-n1cnc(C)c1. The van der Waals surface area contributed by atoms with Gasteiger partial charge in [0.05, 0.1) is 19.1 Å². The van der Waals surface area contributed by atoms with Gasteiger partial charge in [-0.25, -0.2) is 9.97 Å². The molecule has 9 heteroatoms. The molecule has 30 heavy (non-hydrogen) atoms. The molecule has 0 radical (unpaired) electrons. The lowest BCUT2D eigenvalue weighted by molar-refractivity contribution is 0.103. The zero-order chi connectivity index (χ0) is 20.7. The Hall–Kier alpha value is -3.52. The molecule has 152 valence electrons. The third-order valence-electron chi connectivity index (χ3n) is 4.81. The van der Waals surface area contributed by atoms with E-state index < -0.39 is 0 Å². The van der Waals surface area contributed by atoms with E-state index in [0.717, 1.165) is 28.1 Å². The van der Waals surface area contributed by atoms with Crippen LogP contribution in [0.3, 0.4) is 0 Å². The number of hydrogen-bond acceptors (Lipinski definition) is 7. The van der Waals surface area contributed by atoms with E-state index in [0.29, 0.717) is 29.0 Å². The second-order valence-electron chi connectivity index (χ2n) is 6.91. The third kappa shape index (κ3) is 3.35. The number of ether oxygens (including phenoxy) is 1. The molecule has 3 aromatic heterocycles. The van der Waals surface area contributed by atoms with Crippen LogP contribution in [0.15, 0.2) is 58.5 Å². The predicted octanol–water partition coefficient (Wildman–Crippen LogP) is 4.01. The highest BCUT2D eigenvalue weighted by Crippen LogP contribution is 2.28. The summed E-state index contributed by atoms with van der Waals surface area (Å²) in [6.07, 6.45) is 3.63. The van der Waals surface area contributed by atoms with Gasteiger partial charge in [-0.1, -0.05) is 16.8 Å². The maximum Gasteiger partial charge on any atom is 0.238 e. The first kappa shape index (κ1) is 18.5. The number of rotatable bonds is 4. The Bertz CT molecular complexity index is 1260. The van der Waals surface area contributed by atoms with E-state index in [1.54, 1.807) is 19.5 Å². The molecule has 1 aliphatic rings. The lowest BCUT2D eigenvalue weighted by Crippen LogP contribution is -2.36. The van der Waals surface area contributed by atoms with Gasteiger partial charge in [0.1, 0.15) is 35.4 Å². The molecule has 0 saturated heterocycles. The lowest BCUT2D eigenvalue weighted by Gasteiger charge is -2.22. The van der Waals surface area contributed by atoms with Crippen LogP contribution in [-0.4, -0.2) is 34.1 Å². The van der Waals surface area contributed by atoms with Crippen LogP contribution in [0.4, 0.5) is 0 Å². The van der Waals surface area contributed by atoms with E-state index in [2.05, 4.69) is 20.4 Å². The van der Waals surface area contributed by atoms with Crippen molar-refractivity contribution in [2.45, 2.75) is 13.0 Å². The lowest BCUT2D eigenvalue weighted by atomic mass is 10.2. The molecule has 1 aromatic carbocycles. The molecule has 0 bridgehead atoms. The van der Waals surface area contributed by atoms with Crippen molar-refractivity contribution in [1.82, 2.24) is 19.9 Å². The molecule has 8 nitrogen and oxygen atoms in total. The molecule has 1 N–H and O–H groups in total. The summed E-state index contributed by atoms with van der Waals surface area (Å²) in [5.41, 5.74) is 3.05. The highest BCUT2D eigenvalue weighted by Gasteiger charge is 2.25. The van der Waals surface area contributed by atoms with Crippen molar-refractivity contribution in [2.75, 3.05) is 13.7 Å². The van der Waals surface area contributed by atoms with Crippen LogP contribution in [-0.2, 0) is 4.84 Å².